The van der Waals surface area contributed by atoms with Gasteiger partial charge in [-0.05, 0) is 23.8 Å². The maximum atomic E-state index is 12.3. The first-order valence-corrected chi connectivity index (χ1v) is 8.10. The molecule has 2 heterocycles. The zero-order valence-corrected chi connectivity index (χ0v) is 12.6. The highest BCUT2D eigenvalue weighted by molar-refractivity contribution is 5.74. The normalized spacial score (nSPS) is 33.4. The summed E-state index contributed by atoms with van der Waals surface area (Å²) in [4.78, 5) is 14.2. The van der Waals surface area contributed by atoms with Crippen molar-refractivity contribution in [2.75, 3.05) is 32.8 Å². The Labute approximate surface area is 130 Å². The van der Waals surface area contributed by atoms with Gasteiger partial charge in [0.05, 0.1) is 38.5 Å². The minimum Gasteiger partial charge on any atom is -0.376 e. The number of benzene rings is 1. The molecule has 4 atom stereocenters. The molecule has 4 rings (SSSR count). The molecule has 2 amide bonds. The smallest absolute Gasteiger partial charge is 0.317 e. The van der Waals surface area contributed by atoms with E-state index in [4.69, 9.17) is 9.47 Å². The van der Waals surface area contributed by atoms with Crippen LogP contribution >= 0.6 is 0 Å². The Kier molecular flexibility index (Phi) is 3.76. The van der Waals surface area contributed by atoms with Gasteiger partial charge in [-0.15, -0.1) is 0 Å². The van der Waals surface area contributed by atoms with Crippen LogP contribution < -0.4 is 5.32 Å². The molecule has 118 valence electrons. The second-order valence-electron chi connectivity index (χ2n) is 6.52. The van der Waals surface area contributed by atoms with Crippen LogP contribution in [0.1, 0.15) is 17.9 Å². The van der Waals surface area contributed by atoms with Crippen LogP contribution in [0, 0.1) is 5.92 Å². The molecule has 22 heavy (non-hydrogen) atoms. The molecule has 5 heteroatoms. The van der Waals surface area contributed by atoms with Crippen LogP contribution in [0.5, 0.6) is 0 Å². The van der Waals surface area contributed by atoms with Gasteiger partial charge in [-0.3, -0.25) is 0 Å². The molecule has 2 bridgehead atoms. The molecule has 1 aromatic rings. The Balaban J connectivity index is 1.25. The molecule has 5 nitrogen and oxygen atoms in total. The highest BCUT2D eigenvalue weighted by Gasteiger charge is 2.39. The van der Waals surface area contributed by atoms with Crippen LogP contribution in [0.2, 0.25) is 0 Å². The topological polar surface area (TPSA) is 50.8 Å². The number of rotatable bonds is 3. The summed E-state index contributed by atoms with van der Waals surface area (Å²) in [5.41, 5.74) is 1.39. The van der Waals surface area contributed by atoms with E-state index in [1.54, 1.807) is 0 Å². The first-order chi connectivity index (χ1) is 10.8. The zero-order valence-electron chi connectivity index (χ0n) is 12.6. The zero-order chi connectivity index (χ0) is 14.9. The van der Waals surface area contributed by atoms with E-state index in [2.05, 4.69) is 29.6 Å². The number of nitrogens with zero attached hydrogens (tertiary/aromatic N) is 1. The molecule has 1 N–H and O–H groups in total. The van der Waals surface area contributed by atoms with Crippen LogP contribution in [-0.2, 0) is 9.47 Å². The number of carbonyl (C=O) groups excluding carboxylic acids is 1. The van der Waals surface area contributed by atoms with E-state index in [0.29, 0.717) is 38.1 Å². The van der Waals surface area contributed by atoms with Crippen molar-refractivity contribution in [1.29, 1.82) is 0 Å². The van der Waals surface area contributed by atoms with Crippen LogP contribution in [0.25, 0.3) is 0 Å². The molecule has 0 spiro atoms. The maximum Gasteiger partial charge on any atom is 0.317 e. The third-order valence-electron chi connectivity index (χ3n) is 4.79. The summed E-state index contributed by atoms with van der Waals surface area (Å²) >= 11 is 0. The largest absolute Gasteiger partial charge is 0.376 e. The van der Waals surface area contributed by atoms with Crippen molar-refractivity contribution in [3.05, 3.63) is 35.9 Å². The lowest BCUT2D eigenvalue weighted by atomic mass is 10.1. The van der Waals surface area contributed by atoms with Crippen molar-refractivity contribution in [2.45, 2.75) is 24.5 Å². The lowest BCUT2D eigenvalue weighted by molar-refractivity contribution is -0.171. The van der Waals surface area contributed by atoms with Gasteiger partial charge < -0.3 is 19.7 Å². The molecule has 0 radical (unpaired) electrons. The molecule has 3 fully saturated rings. The van der Waals surface area contributed by atoms with Gasteiger partial charge in [0.15, 0.2) is 0 Å². The fraction of sp³-hybridized carbons (Fsp3) is 0.588. The van der Waals surface area contributed by atoms with Crippen LogP contribution in [-0.4, -0.2) is 56.0 Å². The summed E-state index contributed by atoms with van der Waals surface area (Å²) < 4.78 is 11.2. The van der Waals surface area contributed by atoms with Crippen molar-refractivity contribution < 1.29 is 14.3 Å². The second kappa shape index (κ2) is 5.89. The minimum absolute atomic E-state index is 0.0382. The lowest BCUT2D eigenvalue weighted by Gasteiger charge is -2.41. The SMILES string of the molecule is O=C(NC[C@@H]1C[C@H]1c1ccccc1)N1CC2COCC(C1)O2. The van der Waals surface area contributed by atoms with Crippen molar-refractivity contribution in [3.8, 4) is 0 Å². The van der Waals surface area contributed by atoms with Crippen molar-refractivity contribution in [1.82, 2.24) is 10.2 Å². The van der Waals surface area contributed by atoms with Gasteiger partial charge in [-0.25, -0.2) is 4.79 Å². The molecule has 1 aliphatic carbocycles. The number of urea groups is 1. The molecule has 1 aromatic carbocycles. The Morgan fingerprint density at radius 1 is 1.18 bits per heavy atom. The number of carbonyl (C=O) groups is 1. The first kappa shape index (κ1) is 14.0. The van der Waals surface area contributed by atoms with Crippen LogP contribution in [0.4, 0.5) is 4.79 Å². The molecule has 2 saturated heterocycles. The van der Waals surface area contributed by atoms with Crippen molar-refractivity contribution in [3.63, 3.8) is 0 Å². The average Bonchev–Trinajstić information content (AvgIpc) is 3.33. The first-order valence-electron chi connectivity index (χ1n) is 8.10. The molecular formula is C17H22N2O3. The highest BCUT2D eigenvalue weighted by atomic mass is 16.6. The predicted octanol–water partition coefficient (Wildman–Crippen LogP) is 1.60. The molecule has 0 aromatic heterocycles. The molecule has 1 saturated carbocycles. The second-order valence-corrected chi connectivity index (χ2v) is 6.52. The minimum atomic E-state index is 0.0382. The summed E-state index contributed by atoms with van der Waals surface area (Å²) in [5, 5.41) is 3.09. The van der Waals surface area contributed by atoms with E-state index < -0.39 is 0 Å². The highest BCUT2D eigenvalue weighted by Crippen LogP contribution is 2.46. The number of fused-ring (bicyclic) bond motifs is 2. The van der Waals surface area contributed by atoms with Gasteiger partial charge in [0, 0.05) is 6.54 Å². The van der Waals surface area contributed by atoms with E-state index in [0.717, 1.165) is 6.54 Å². The summed E-state index contributed by atoms with van der Waals surface area (Å²) in [5.74, 6) is 1.19. The number of hydrogen-bond donors (Lipinski definition) is 1. The van der Waals surface area contributed by atoms with E-state index >= 15 is 0 Å². The fourth-order valence-electron chi connectivity index (χ4n) is 3.52. The van der Waals surface area contributed by atoms with Gasteiger partial charge >= 0.3 is 6.03 Å². The predicted molar refractivity (Wildman–Crippen MR) is 81.7 cm³/mol. The van der Waals surface area contributed by atoms with Crippen LogP contribution in [0.15, 0.2) is 30.3 Å². The monoisotopic (exact) mass is 302 g/mol. The fourth-order valence-corrected chi connectivity index (χ4v) is 3.52. The number of nitrogens with one attached hydrogen (secondary N) is 1. The number of hydrogen-bond acceptors (Lipinski definition) is 3. The molecule has 2 unspecified atom stereocenters. The molecular weight excluding hydrogens is 280 g/mol. The van der Waals surface area contributed by atoms with E-state index in [1.807, 2.05) is 11.0 Å². The van der Waals surface area contributed by atoms with Gasteiger partial charge in [0.25, 0.3) is 0 Å². The Morgan fingerprint density at radius 2 is 1.91 bits per heavy atom. The van der Waals surface area contributed by atoms with E-state index in [-0.39, 0.29) is 18.2 Å². The van der Waals surface area contributed by atoms with Crippen LogP contribution in [0.3, 0.4) is 0 Å². The van der Waals surface area contributed by atoms with Gasteiger partial charge in [-0.2, -0.15) is 0 Å². The van der Waals surface area contributed by atoms with E-state index in [9.17, 15) is 4.79 Å². The molecule has 3 aliphatic rings. The average molecular weight is 302 g/mol. The third kappa shape index (κ3) is 2.96. The van der Waals surface area contributed by atoms with E-state index in [1.165, 1.54) is 12.0 Å². The Morgan fingerprint density at radius 3 is 2.64 bits per heavy atom. The summed E-state index contributed by atoms with van der Waals surface area (Å²) in [6.45, 7) is 3.23. The summed E-state index contributed by atoms with van der Waals surface area (Å²) in [7, 11) is 0. The quantitative estimate of drug-likeness (QED) is 0.922. The summed E-state index contributed by atoms with van der Waals surface area (Å²) in [6.07, 6.45) is 1.25. The van der Waals surface area contributed by atoms with Gasteiger partial charge in [0.2, 0.25) is 0 Å². The van der Waals surface area contributed by atoms with Gasteiger partial charge in [-0.1, -0.05) is 30.3 Å². The van der Waals surface area contributed by atoms with Crippen molar-refractivity contribution in [2.24, 2.45) is 5.92 Å². The van der Waals surface area contributed by atoms with Gasteiger partial charge in [0.1, 0.15) is 0 Å². The number of morpholine rings is 1. The Bertz CT molecular complexity index is 524. The standard InChI is InChI=1S/C17H22N2O3/c20-17(19-8-14-10-21-11-15(9-19)22-14)18-7-13-6-16(13)12-4-2-1-3-5-12/h1-5,13-16H,6-11H2,(H,18,20)/t13-,14?,15?,16-/m0/s1. The third-order valence-corrected chi connectivity index (χ3v) is 4.79. The maximum absolute atomic E-state index is 12.3. The molecule has 2 aliphatic heterocycles. The Hall–Kier alpha value is -1.59. The van der Waals surface area contributed by atoms with Crippen molar-refractivity contribution >= 4 is 6.03 Å². The number of amides is 2. The summed E-state index contributed by atoms with van der Waals surface area (Å²) in [6, 6.07) is 10.6. The number of ether oxygens (including phenoxy) is 2. The lowest BCUT2D eigenvalue weighted by Crippen LogP contribution is -2.57.